The molecular formula is C11H12N2O3S2. The van der Waals surface area contributed by atoms with E-state index in [4.69, 9.17) is 5.11 Å². The molecule has 0 radical (unpaired) electrons. The van der Waals surface area contributed by atoms with Gasteiger partial charge in [-0.1, -0.05) is 0 Å². The molecule has 0 saturated heterocycles. The molecule has 0 unspecified atom stereocenters. The van der Waals surface area contributed by atoms with E-state index in [-0.39, 0.29) is 11.5 Å². The second kappa shape index (κ2) is 5.05. The Bertz CT molecular complexity index is 650. The Balaban J connectivity index is 2.37. The van der Waals surface area contributed by atoms with Crippen LogP contribution in [0.3, 0.4) is 0 Å². The maximum Gasteiger partial charge on any atom is 0.263 e. The molecule has 2 heterocycles. The predicted molar refractivity (Wildman–Crippen MR) is 70.0 cm³/mol. The van der Waals surface area contributed by atoms with Gasteiger partial charge in [-0.2, -0.15) is 0 Å². The SMILES string of the molecule is Cc1cnccc1NS(=O)(=O)c1ccsc1CO. The number of pyridine rings is 1. The van der Waals surface area contributed by atoms with E-state index in [0.29, 0.717) is 10.6 Å². The zero-order valence-corrected chi connectivity index (χ0v) is 11.3. The zero-order chi connectivity index (χ0) is 13.2. The van der Waals surface area contributed by atoms with E-state index in [1.165, 1.54) is 23.6 Å². The minimum Gasteiger partial charge on any atom is -0.391 e. The third-order valence-electron chi connectivity index (χ3n) is 2.40. The van der Waals surface area contributed by atoms with Gasteiger partial charge in [-0.25, -0.2) is 8.42 Å². The van der Waals surface area contributed by atoms with Gasteiger partial charge in [0.15, 0.2) is 0 Å². The molecule has 0 aliphatic heterocycles. The summed E-state index contributed by atoms with van der Waals surface area (Å²) in [5, 5.41) is 10.7. The largest absolute Gasteiger partial charge is 0.391 e. The van der Waals surface area contributed by atoms with Gasteiger partial charge in [-0.15, -0.1) is 11.3 Å². The van der Waals surface area contributed by atoms with E-state index in [1.54, 1.807) is 24.6 Å². The lowest BCUT2D eigenvalue weighted by molar-refractivity contribution is 0.282. The minimum atomic E-state index is -3.66. The van der Waals surface area contributed by atoms with Crippen molar-refractivity contribution < 1.29 is 13.5 Å². The number of anilines is 1. The number of nitrogens with zero attached hydrogens (tertiary/aromatic N) is 1. The molecule has 2 rings (SSSR count). The number of sulfonamides is 1. The van der Waals surface area contributed by atoms with Gasteiger partial charge in [0.1, 0.15) is 4.90 Å². The second-order valence-electron chi connectivity index (χ2n) is 3.66. The molecule has 0 saturated carbocycles. The number of hydrogen-bond donors (Lipinski definition) is 2. The Labute approximate surface area is 109 Å². The van der Waals surface area contributed by atoms with Crippen LogP contribution in [-0.2, 0) is 16.6 Å². The van der Waals surface area contributed by atoms with Crippen LogP contribution in [0.25, 0.3) is 0 Å². The van der Waals surface area contributed by atoms with Crippen molar-refractivity contribution in [1.29, 1.82) is 0 Å². The molecule has 7 heteroatoms. The first-order valence-corrected chi connectivity index (χ1v) is 7.51. The maximum atomic E-state index is 12.2. The van der Waals surface area contributed by atoms with Crippen LogP contribution in [0.4, 0.5) is 5.69 Å². The summed E-state index contributed by atoms with van der Waals surface area (Å²) < 4.78 is 26.8. The van der Waals surface area contributed by atoms with Crippen molar-refractivity contribution in [3.8, 4) is 0 Å². The molecule has 0 fully saturated rings. The molecule has 0 aliphatic carbocycles. The van der Waals surface area contributed by atoms with Crippen molar-refractivity contribution in [2.75, 3.05) is 4.72 Å². The number of aliphatic hydroxyl groups excluding tert-OH is 1. The first kappa shape index (κ1) is 13.0. The smallest absolute Gasteiger partial charge is 0.263 e. The van der Waals surface area contributed by atoms with Gasteiger partial charge in [-0.05, 0) is 30.0 Å². The second-order valence-corrected chi connectivity index (χ2v) is 6.31. The lowest BCUT2D eigenvalue weighted by Gasteiger charge is -2.09. The van der Waals surface area contributed by atoms with Crippen molar-refractivity contribution in [3.05, 3.63) is 40.3 Å². The number of aryl methyl sites for hydroxylation is 1. The molecule has 5 nitrogen and oxygen atoms in total. The van der Waals surface area contributed by atoms with E-state index >= 15 is 0 Å². The summed E-state index contributed by atoms with van der Waals surface area (Å²) in [6, 6.07) is 3.08. The third kappa shape index (κ3) is 2.53. The van der Waals surface area contributed by atoms with Crippen molar-refractivity contribution in [2.45, 2.75) is 18.4 Å². The highest BCUT2D eigenvalue weighted by Crippen LogP contribution is 2.25. The molecule has 96 valence electrons. The lowest BCUT2D eigenvalue weighted by Crippen LogP contribution is -2.14. The Kier molecular flexibility index (Phi) is 3.65. The molecule has 2 aromatic rings. The van der Waals surface area contributed by atoms with Gasteiger partial charge in [-0.3, -0.25) is 9.71 Å². The van der Waals surface area contributed by atoms with Gasteiger partial charge in [0, 0.05) is 12.4 Å². The Morgan fingerprint density at radius 3 is 2.89 bits per heavy atom. The molecule has 0 spiro atoms. The fraction of sp³-hybridized carbons (Fsp3) is 0.182. The van der Waals surface area contributed by atoms with Gasteiger partial charge in [0.2, 0.25) is 0 Å². The number of thiophene rings is 1. The highest BCUT2D eigenvalue weighted by molar-refractivity contribution is 7.93. The first-order chi connectivity index (χ1) is 8.54. The standard InChI is InChI=1S/C11H12N2O3S2/c1-8-6-12-4-2-9(8)13-18(15,16)11-3-5-17-10(11)7-14/h2-6,14H,7H2,1H3,(H,12,13). The van der Waals surface area contributed by atoms with E-state index in [9.17, 15) is 8.42 Å². The Morgan fingerprint density at radius 1 is 1.44 bits per heavy atom. The first-order valence-electron chi connectivity index (χ1n) is 5.15. The van der Waals surface area contributed by atoms with E-state index in [2.05, 4.69) is 9.71 Å². The van der Waals surface area contributed by atoms with E-state index in [0.717, 1.165) is 5.56 Å². The monoisotopic (exact) mass is 284 g/mol. The summed E-state index contributed by atoms with van der Waals surface area (Å²) in [6.07, 6.45) is 3.10. The average Bonchev–Trinajstić information content (AvgIpc) is 2.81. The van der Waals surface area contributed by atoms with Crippen molar-refractivity contribution in [1.82, 2.24) is 4.98 Å². The summed E-state index contributed by atoms with van der Waals surface area (Å²) in [4.78, 5) is 4.44. The van der Waals surface area contributed by atoms with Gasteiger partial charge in [0.05, 0.1) is 17.2 Å². The number of aliphatic hydroxyl groups is 1. The molecule has 0 aromatic carbocycles. The number of rotatable bonds is 4. The molecule has 0 amide bonds. The number of nitrogens with one attached hydrogen (secondary N) is 1. The van der Waals surface area contributed by atoms with Crippen LogP contribution in [0.2, 0.25) is 0 Å². The fourth-order valence-corrected chi connectivity index (χ4v) is 3.90. The van der Waals surface area contributed by atoms with Crippen LogP contribution >= 0.6 is 11.3 Å². The quantitative estimate of drug-likeness (QED) is 0.896. The highest BCUT2D eigenvalue weighted by Gasteiger charge is 2.20. The average molecular weight is 284 g/mol. The normalized spacial score (nSPS) is 11.4. The number of hydrogen-bond acceptors (Lipinski definition) is 5. The molecular weight excluding hydrogens is 272 g/mol. The molecule has 18 heavy (non-hydrogen) atoms. The third-order valence-corrected chi connectivity index (χ3v) is 4.89. The molecule has 0 aliphatic rings. The fourth-order valence-electron chi connectivity index (χ4n) is 1.47. The summed E-state index contributed by atoms with van der Waals surface area (Å²) >= 11 is 1.21. The van der Waals surface area contributed by atoms with E-state index in [1.807, 2.05) is 0 Å². The predicted octanol–water partition coefficient (Wildman–Crippen LogP) is 1.74. The summed E-state index contributed by atoms with van der Waals surface area (Å²) in [7, 11) is -3.66. The van der Waals surface area contributed by atoms with Gasteiger partial charge >= 0.3 is 0 Å². The van der Waals surface area contributed by atoms with Gasteiger partial charge in [0.25, 0.3) is 10.0 Å². The molecule has 0 bridgehead atoms. The van der Waals surface area contributed by atoms with Crippen molar-refractivity contribution in [3.63, 3.8) is 0 Å². The summed E-state index contributed by atoms with van der Waals surface area (Å²) in [5.74, 6) is 0. The highest BCUT2D eigenvalue weighted by atomic mass is 32.2. The van der Waals surface area contributed by atoms with Gasteiger partial charge < -0.3 is 5.11 Å². The van der Waals surface area contributed by atoms with Crippen LogP contribution < -0.4 is 4.72 Å². The van der Waals surface area contributed by atoms with Crippen LogP contribution in [0.5, 0.6) is 0 Å². The Hall–Kier alpha value is -1.44. The van der Waals surface area contributed by atoms with Crippen molar-refractivity contribution >= 4 is 27.0 Å². The Morgan fingerprint density at radius 2 is 2.22 bits per heavy atom. The van der Waals surface area contributed by atoms with Crippen LogP contribution in [0.1, 0.15) is 10.4 Å². The van der Waals surface area contributed by atoms with Crippen LogP contribution in [0.15, 0.2) is 34.8 Å². The topological polar surface area (TPSA) is 79.3 Å². The molecule has 0 atom stereocenters. The van der Waals surface area contributed by atoms with Crippen LogP contribution in [-0.4, -0.2) is 18.5 Å². The minimum absolute atomic E-state index is 0.117. The number of aromatic nitrogens is 1. The molecule has 2 N–H and O–H groups in total. The van der Waals surface area contributed by atoms with E-state index < -0.39 is 10.0 Å². The zero-order valence-electron chi connectivity index (χ0n) is 9.62. The maximum absolute atomic E-state index is 12.2. The van der Waals surface area contributed by atoms with Crippen LogP contribution in [0, 0.1) is 6.92 Å². The van der Waals surface area contributed by atoms with Crippen molar-refractivity contribution in [2.24, 2.45) is 0 Å². The summed E-state index contributed by atoms with van der Waals surface area (Å²) in [5.41, 5.74) is 1.22. The lowest BCUT2D eigenvalue weighted by atomic mass is 10.3. The molecule has 2 aromatic heterocycles. The summed E-state index contributed by atoms with van der Waals surface area (Å²) in [6.45, 7) is 1.48.